The molecule has 0 saturated heterocycles. The first kappa shape index (κ1) is 17.0. The van der Waals surface area contributed by atoms with Crippen molar-refractivity contribution in [2.24, 2.45) is 0 Å². The lowest BCUT2D eigenvalue weighted by Gasteiger charge is -2.22. The molecule has 4 rings (SSSR count). The Balaban J connectivity index is 2.03. The van der Waals surface area contributed by atoms with Crippen LogP contribution < -0.4 is 4.90 Å². The number of aromatic nitrogens is 2. The molecule has 0 unspecified atom stereocenters. The molecule has 0 N–H and O–H groups in total. The van der Waals surface area contributed by atoms with Crippen LogP contribution in [0.2, 0.25) is 0 Å². The summed E-state index contributed by atoms with van der Waals surface area (Å²) in [4.78, 5) is 18.5. The van der Waals surface area contributed by atoms with E-state index >= 15 is 0 Å². The number of amides is 1. The average Bonchev–Trinajstić information content (AvgIpc) is 3.05. The maximum absolute atomic E-state index is 13.4. The predicted molar refractivity (Wildman–Crippen MR) is 105 cm³/mol. The number of hydrogen-bond donors (Lipinski definition) is 0. The van der Waals surface area contributed by atoms with Crippen molar-refractivity contribution in [1.82, 2.24) is 9.38 Å². The van der Waals surface area contributed by atoms with Crippen LogP contribution in [-0.4, -0.2) is 15.8 Å². The molecule has 0 aliphatic rings. The fraction of sp³-hybridized carbons (Fsp3) is 0.0909. The lowest BCUT2D eigenvalue weighted by molar-refractivity contribution is -0.106. The molecule has 0 aliphatic heterocycles. The van der Waals surface area contributed by atoms with Gasteiger partial charge in [0.25, 0.3) is 0 Å². The van der Waals surface area contributed by atoms with Gasteiger partial charge in [0.2, 0.25) is 6.41 Å². The second-order valence-electron chi connectivity index (χ2n) is 6.44. The monoisotopic (exact) mass is 359 g/mol. The first-order chi connectivity index (χ1) is 13.1. The standard InChI is InChI=1S/C22H18FN3O/c1-15-6-5-7-16(2)21(15)26(14-27)22-20(17-9-11-18(23)12-10-17)24-19-8-3-4-13-25(19)22/h3-14H,1-2H3. The Morgan fingerprint density at radius 3 is 2.33 bits per heavy atom. The van der Waals surface area contributed by atoms with E-state index in [-0.39, 0.29) is 5.82 Å². The fourth-order valence-corrected chi connectivity index (χ4v) is 3.41. The highest BCUT2D eigenvalue weighted by molar-refractivity contribution is 5.94. The largest absolute Gasteiger partial charge is 0.285 e. The van der Waals surface area contributed by atoms with Gasteiger partial charge in [-0.05, 0) is 61.4 Å². The summed E-state index contributed by atoms with van der Waals surface area (Å²) in [6, 6.07) is 17.7. The van der Waals surface area contributed by atoms with Gasteiger partial charge < -0.3 is 0 Å². The van der Waals surface area contributed by atoms with Gasteiger partial charge in [0.05, 0.1) is 5.69 Å². The van der Waals surface area contributed by atoms with Crippen molar-refractivity contribution >= 4 is 23.6 Å². The number of benzene rings is 2. The lowest BCUT2D eigenvalue weighted by atomic mass is 10.1. The van der Waals surface area contributed by atoms with Gasteiger partial charge in [0.1, 0.15) is 17.2 Å². The second-order valence-corrected chi connectivity index (χ2v) is 6.44. The number of imidazole rings is 1. The summed E-state index contributed by atoms with van der Waals surface area (Å²) in [5.74, 6) is 0.315. The fourth-order valence-electron chi connectivity index (χ4n) is 3.41. The molecule has 4 nitrogen and oxygen atoms in total. The van der Waals surface area contributed by atoms with E-state index in [4.69, 9.17) is 4.98 Å². The molecule has 0 fully saturated rings. The van der Waals surface area contributed by atoms with E-state index in [0.717, 1.165) is 28.8 Å². The highest BCUT2D eigenvalue weighted by Crippen LogP contribution is 2.37. The minimum atomic E-state index is -0.314. The number of hydrogen-bond acceptors (Lipinski definition) is 2. The molecule has 2 aromatic heterocycles. The van der Waals surface area contributed by atoms with Crippen molar-refractivity contribution in [2.75, 3.05) is 4.90 Å². The van der Waals surface area contributed by atoms with E-state index in [1.807, 2.05) is 60.8 Å². The van der Waals surface area contributed by atoms with Crippen LogP contribution in [0.25, 0.3) is 16.9 Å². The molecule has 0 bridgehead atoms. The molecule has 134 valence electrons. The van der Waals surface area contributed by atoms with E-state index < -0.39 is 0 Å². The second kappa shape index (κ2) is 6.68. The number of fused-ring (bicyclic) bond motifs is 1. The normalized spacial score (nSPS) is 10.9. The van der Waals surface area contributed by atoms with Crippen LogP contribution in [0.15, 0.2) is 66.9 Å². The number of carbonyl (C=O) groups is 1. The van der Waals surface area contributed by atoms with Crippen LogP contribution in [0.3, 0.4) is 0 Å². The van der Waals surface area contributed by atoms with Gasteiger partial charge in [-0.25, -0.2) is 9.37 Å². The summed E-state index contributed by atoms with van der Waals surface area (Å²) in [5, 5.41) is 0. The van der Waals surface area contributed by atoms with Crippen molar-refractivity contribution in [3.63, 3.8) is 0 Å². The zero-order chi connectivity index (χ0) is 19.0. The smallest absolute Gasteiger partial charge is 0.219 e. The predicted octanol–water partition coefficient (Wildman–Crippen LogP) is 5.05. The van der Waals surface area contributed by atoms with E-state index in [1.54, 1.807) is 17.0 Å². The molecule has 5 heteroatoms. The number of halogens is 1. The Labute approximate surface area is 156 Å². The topological polar surface area (TPSA) is 37.6 Å². The van der Waals surface area contributed by atoms with Gasteiger partial charge in [-0.3, -0.25) is 14.1 Å². The zero-order valence-electron chi connectivity index (χ0n) is 15.1. The van der Waals surface area contributed by atoms with E-state index in [9.17, 15) is 9.18 Å². The number of aryl methyl sites for hydroxylation is 2. The third-order valence-electron chi connectivity index (χ3n) is 4.64. The van der Waals surface area contributed by atoms with Gasteiger partial charge in [-0.1, -0.05) is 24.3 Å². The van der Waals surface area contributed by atoms with Gasteiger partial charge in [-0.15, -0.1) is 0 Å². The number of pyridine rings is 1. The summed E-state index contributed by atoms with van der Waals surface area (Å²) < 4.78 is 15.3. The summed E-state index contributed by atoms with van der Waals surface area (Å²) in [5.41, 5.74) is 4.87. The van der Waals surface area contributed by atoms with Gasteiger partial charge in [0, 0.05) is 11.8 Å². The Kier molecular flexibility index (Phi) is 4.20. The molecule has 0 saturated carbocycles. The van der Waals surface area contributed by atoms with Crippen LogP contribution >= 0.6 is 0 Å². The van der Waals surface area contributed by atoms with Crippen molar-refractivity contribution in [2.45, 2.75) is 13.8 Å². The highest BCUT2D eigenvalue weighted by Gasteiger charge is 2.23. The van der Waals surface area contributed by atoms with E-state index in [1.165, 1.54) is 12.1 Å². The minimum absolute atomic E-state index is 0.314. The SMILES string of the molecule is Cc1cccc(C)c1N(C=O)c1c(-c2ccc(F)cc2)nc2ccccn12. The Morgan fingerprint density at radius 1 is 0.963 bits per heavy atom. The average molecular weight is 359 g/mol. The molecule has 0 radical (unpaired) electrons. The molecule has 2 heterocycles. The Hall–Kier alpha value is -3.47. The number of anilines is 2. The minimum Gasteiger partial charge on any atom is -0.285 e. The quantitative estimate of drug-likeness (QED) is 0.478. The van der Waals surface area contributed by atoms with Crippen LogP contribution in [0.1, 0.15) is 11.1 Å². The lowest BCUT2D eigenvalue weighted by Crippen LogP contribution is -2.19. The van der Waals surface area contributed by atoms with Gasteiger partial charge >= 0.3 is 0 Å². The maximum atomic E-state index is 13.4. The first-order valence-electron chi connectivity index (χ1n) is 8.64. The molecule has 0 atom stereocenters. The third-order valence-corrected chi connectivity index (χ3v) is 4.64. The summed E-state index contributed by atoms with van der Waals surface area (Å²) in [6.45, 7) is 3.94. The molecular weight excluding hydrogens is 341 g/mol. The summed E-state index contributed by atoms with van der Waals surface area (Å²) in [7, 11) is 0. The van der Waals surface area contributed by atoms with Gasteiger partial charge in [-0.2, -0.15) is 0 Å². The molecule has 0 aliphatic carbocycles. The third kappa shape index (κ3) is 2.87. The van der Waals surface area contributed by atoms with Crippen molar-refractivity contribution in [3.8, 4) is 11.3 Å². The van der Waals surface area contributed by atoms with Crippen molar-refractivity contribution < 1.29 is 9.18 Å². The van der Waals surface area contributed by atoms with Crippen LogP contribution in [0, 0.1) is 19.7 Å². The molecule has 4 aromatic rings. The Morgan fingerprint density at radius 2 is 1.67 bits per heavy atom. The maximum Gasteiger partial charge on any atom is 0.219 e. The molecule has 0 spiro atoms. The first-order valence-corrected chi connectivity index (χ1v) is 8.64. The molecule has 1 amide bonds. The highest BCUT2D eigenvalue weighted by atomic mass is 19.1. The van der Waals surface area contributed by atoms with Crippen LogP contribution in [0.4, 0.5) is 15.9 Å². The van der Waals surface area contributed by atoms with Crippen molar-refractivity contribution in [3.05, 3.63) is 83.8 Å². The molecule has 2 aromatic carbocycles. The van der Waals surface area contributed by atoms with Gasteiger partial charge in [0.15, 0.2) is 5.82 Å². The van der Waals surface area contributed by atoms with E-state index in [2.05, 4.69) is 0 Å². The number of para-hydroxylation sites is 1. The number of rotatable bonds is 4. The van der Waals surface area contributed by atoms with E-state index in [0.29, 0.717) is 17.2 Å². The number of nitrogens with zero attached hydrogens (tertiary/aromatic N) is 3. The number of carbonyl (C=O) groups excluding carboxylic acids is 1. The van der Waals surface area contributed by atoms with Crippen LogP contribution in [-0.2, 0) is 4.79 Å². The molecular formula is C22H18FN3O. The van der Waals surface area contributed by atoms with Crippen LogP contribution in [0.5, 0.6) is 0 Å². The Bertz CT molecular complexity index is 1110. The summed E-state index contributed by atoms with van der Waals surface area (Å²) in [6.07, 6.45) is 2.67. The molecule has 27 heavy (non-hydrogen) atoms. The van der Waals surface area contributed by atoms with Crippen molar-refractivity contribution in [1.29, 1.82) is 0 Å². The zero-order valence-corrected chi connectivity index (χ0v) is 15.1. The summed E-state index contributed by atoms with van der Waals surface area (Å²) >= 11 is 0.